The number of hydrogen-bond acceptors (Lipinski definition) is 3. The molecule has 1 amide bonds. The summed E-state index contributed by atoms with van der Waals surface area (Å²) in [6, 6.07) is 2.13. The second-order valence-electron chi connectivity index (χ2n) is 5.64. The van der Waals surface area contributed by atoms with Crippen LogP contribution < -0.4 is 5.73 Å². The molecule has 0 fully saturated rings. The Labute approximate surface area is 122 Å². The van der Waals surface area contributed by atoms with Gasteiger partial charge in [0.1, 0.15) is 5.82 Å². The lowest BCUT2D eigenvalue weighted by molar-refractivity contribution is -0.152. The van der Waals surface area contributed by atoms with Crippen molar-refractivity contribution >= 4 is 11.9 Å². The maximum atomic E-state index is 13.3. The van der Waals surface area contributed by atoms with E-state index in [0.29, 0.717) is 17.5 Å². The van der Waals surface area contributed by atoms with Crippen molar-refractivity contribution in [2.24, 2.45) is 11.7 Å². The van der Waals surface area contributed by atoms with E-state index in [9.17, 15) is 19.1 Å². The molecule has 2 rings (SSSR count). The first-order chi connectivity index (χ1) is 9.82. The Bertz CT molecular complexity index is 574. The van der Waals surface area contributed by atoms with Gasteiger partial charge in [-0.3, -0.25) is 4.79 Å². The molecule has 1 heterocycles. The molecular formula is C15H19FN2O3. The molecule has 0 radical (unpaired) electrons. The number of rotatable bonds is 3. The van der Waals surface area contributed by atoms with E-state index < -0.39 is 23.9 Å². The number of aliphatic carboxylic acids is 1. The largest absolute Gasteiger partial charge is 0.479 e. The van der Waals surface area contributed by atoms with Crippen molar-refractivity contribution in [1.29, 1.82) is 0 Å². The second-order valence-corrected chi connectivity index (χ2v) is 5.64. The van der Waals surface area contributed by atoms with Gasteiger partial charge in [0.25, 0.3) is 0 Å². The van der Waals surface area contributed by atoms with E-state index >= 15 is 0 Å². The lowest BCUT2D eigenvalue weighted by atomic mass is 9.91. The maximum Gasteiger partial charge on any atom is 0.331 e. The second kappa shape index (κ2) is 5.81. The van der Waals surface area contributed by atoms with Crippen LogP contribution in [0.25, 0.3) is 0 Å². The van der Waals surface area contributed by atoms with Gasteiger partial charge < -0.3 is 15.7 Å². The number of hydrogen-bond donors (Lipinski definition) is 2. The molecule has 6 heteroatoms. The van der Waals surface area contributed by atoms with E-state index in [2.05, 4.69) is 0 Å². The highest BCUT2D eigenvalue weighted by atomic mass is 19.1. The molecule has 21 heavy (non-hydrogen) atoms. The van der Waals surface area contributed by atoms with Crippen molar-refractivity contribution < 1.29 is 19.1 Å². The summed E-state index contributed by atoms with van der Waals surface area (Å²) in [5.74, 6) is -2.00. The van der Waals surface area contributed by atoms with Crippen LogP contribution in [0.15, 0.2) is 18.2 Å². The van der Waals surface area contributed by atoms with Crippen molar-refractivity contribution in [3.05, 3.63) is 35.1 Å². The van der Waals surface area contributed by atoms with Gasteiger partial charge in [-0.05, 0) is 35.6 Å². The summed E-state index contributed by atoms with van der Waals surface area (Å²) in [7, 11) is 0. The Morgan fingerprint density at radius 2 is 2.10 bits per heavy atom. The zero-order valence-corrected chi connectivity index (χ0v) is 12.0. The topological polar surface area (TPSA) is 83.6 Å². The lowest BCUT2D eigenvalue weighted by Crippen LogP contribution is -2.51. The van der Waals surface area contributed by atoms with Gasteiger partial charge in [-0.1, -0.05) is 19.9 Å². The first-order valence-electron chi connectivity index (χ1n) is 6.90. The highest BCUT2D eigenvalue weighted by Gasteiger charge is 2.38. The molecule has 0 bridgehead atoms. The molecule has 1 aliphatic heterocycles. The third kappa shape index (κ3) is 2.90. The van der Waals surface area contributed by atoms with Gasteiger partial charge in [0.2, 0.25) is 5.91 Å². The molecule has 2 atom stereocenters. The number of benzene rings is 1. The van der Waals surface area contributed by atoms with Crippen LogP contribution in [0.4, 0.5) is 4.39 Å². The van der Waals surface area contributed by atoms with Gasteiger partial charge in [-0.25, -0.2) is 9.18 Å². The predicted molar refractivity (Wildman–Crippen MR) is 75.0 cm³/mol. The molecular weight excluding hydrogens is 275 g/mol. The Hall–Kier alpha value is -1.95. The van der Waals surface area contributed by atoms with Crippen LogP contribution in [0.3, 0.4) is 0 Å². The van der Waals surface area contributed by atoms with E-state index in [0.717, 1.165) is 0 Å². The fourth-order valence-corrected chi connectivity index (χ4v) is 2.58. The molecule has 5 nitrogen and oxygen atoms in total. The van der Waals surface area contributed by atoms with Gasteiger partial charge >= 0.3 is 5.97 Å². The average Bonchev–Trinajstić information content (AvgIpc) is 2.43. The maximum absolute atomic E-state index is 13.3. The number of fused-ring (bicyclic) bond motifs is 1. The molecule has 114 valence electrons. The highest BCUT2D eigenvalue weighted by molar-refractivity contribution is 5.88. The SMILES string of the molecule is CC(C)C(N)C(=O)N1CCc2cc(F)ccc2C1C(=O)O. The average molecular weight is 294 g/mol. The van der Waals surface area contributed by atoms with Gasteiger partial charge in [0.05, 0.1) is 6.04 Å². The molecule has 1 aliphatic rings. The summed E-state index contributed by atoms with van der Waals surface area (Å²) in [5.41, 5.74) is 6.94. The van der Waals surface area contributed by atoms with E-state index in [1.54, 1.807) is 0 Å². The van der Waals surface area contributed by atoms with Crippen molar-refractivity contribution in [2.75, 3.05) is 6.54 Å². The van der Waals surface area contributed by atoms with Gasteiger partial charge in [0.15, 0.2) is 6.04 Å². The third-order valence-electron chi connectivity index (χ3n) is 3.85. The molecule has 1 aromatic rings. The molecule has 0 saturated carbocycles. The summed E-state index contributed by atoms with van der Waals surface area (Å²) in [5, 5.41) is 9.47. The monoisotopic (exact) mass is 294 g/mol. The minimum absolute atomic E-state index is 0.0819. The summed E-state index contributed by atoms with van der Waals surface area (Å²) in [6.45, 7) is 3.85. The van der Waals surface area contributed by atoms with Gasteiger partial charge in [-0.15, -0.1) is 0 Å². The summed E-state index contributed by atoms with van der Waals surface area (Å²) >= 11 is 0. The van der Waals surface area contributed by atoms with Gasteiger partial charge in [-0.2, -0.15) is 0 Å². The fourth-order valence-electron chi connectivity index (χ4n) is 2.58. The number of carboxylic acid groups (broad SMARTS) is 1. The number of carbonyl (C=O) groups excluding carboxylic acids is 1. The summed E-state index contributed by atoms with van der Waals surface area (Å²) in [4.78, 5) is 25.3. The molecule has 0 aliphatic carbocycles. The van der Waals surface area contributed by atoms with E-state index in [1.165, 1.54) is 23.1 Å². The Kier molecular flexibility index (Phi) is 4.27. The fraction of sp³-hybridized carbons (Fsp3) is 0.467. The van der Waals surface area contributed by atoms with Crippen molar-refractivity contribution in [3.8, 4) is 0 Å². The zero-order chi connectivity index (χ0) is 15.7. The van der Waals surface area contributed by atoms with Crippen LogP contribution in [0.2, 0.25) is 0 Å². The molecule has 0 aromatic heterocycles. The normalized spacial score (nSPS) is 19.3. The van der Waals surface area contributed by atoms with Crippen molar-refractivity contribution in [1.82, 2.24) is 4.90 Å². The number of carbonyl (C=O) groups is 2. The number of amides is 1. The Morgan fingerprint density at radius 1 is 1.43 bits per heavy atom. The lowest BCUT2D eigenvalue weighted by Gasteiger charge is -2.36. The minimum Gasteiger partial charge on any atom is -0.479 e. The standard InChI is InChI=1S/C15H19FN2O3/c1-8(2)12(17)14(19)18-6-5-9-7-10(16)3-4-11(9)13(18)15(20)21/h3-4,7-8,12-13H,5-6,17H2,1-2H3,(H,20,21). The van der Waals surface area contributed by atoms with E-state index in [4.69, 9.17) is 5.73 Å². The van der Waals surface area contributed by atoms with Crippen molar-refractivity contribution in [2.45, 2.75) is 32.4 Å². The highest BCUT2D eigenvalue weighted by Crippen LogP contribution is 2.31. The first kappa shape index (κ1) is 15.4. The minimum atomic E-state index is -1.13. The number of carboxylic acids is 1. The number of halogens is 1. The van der Waals surface area contributed by atoms with Crippen LogP contribution in [-0.4, -0.2) is 34.5 Å². The number of nitrogens with zero attached hydrogens (tertiary/aromatic N) is 1. The zero-order valence-electron chi connectivity index (χ0n) is 12.0. The Balaban J connectivity index is 2.39. The van der Waals surface area contributed by atoms with Crippen molar-refractivity contribution in [3.63, 3.8) is 0 Å². The van der Waals surface area contributed by atoms with E-state index in [-0.39, 0.29) is 18.4 Å². The number of nitrogens with two attached hydrogens (primary N) is 1. The molecule has 1 aromatic carbocycles. The quantitative estimate of drug-likeness (QED) is 0.880. The van der Waals surface area contributed by atoms with Crippen LogP contribution >= 0.6 is 0 Å². The van der Waals surface area contributed by atoms with Crippen LogP contribution in [0, 0.1) is 11.7 Å². The molecule has 0 saturated heterocycles. The van der Waals surface area contributed by atoms with Crippen LogP contribution in [0.1, 0.15) is 31.0 Å². The van der Waals surface area contributed by atoms with Crippen LogP contribution in [-0.2, 0) is 16.0 Å². The smallest absolute Gasteiger partial charge is 0.331 e. The van der Waals surface area contributed by atoms with E-state index in [1.807, 2.05) is 13.8 Å². The summed E-state index contributed by atoms with van der Waals surface area (Å²) in [6.07, 6.45) is 0.424. The molecule has 3 N–H and O–H groups in total. The van der Waals surface area contributed by atoms with Crippen LogP contribution in [0.5, 0.6) is 0 Å². The first-order valence-corrected chi connectivity index (χ1v) is 6.90. The molecule has 2 unspecified atom stereocenters. The van der Waals surface area contributed by atoms with Gasteiger partial charge in [0, 0.05) is 6.54 Å². The molecule has 0 spiro atoms. The Morgan fingerprint density at radius 3 is 2.67 bits per heavy atom. The summed E-state index contributed by atoms with van der Waals surface area (Å²) < 4.78 is 13.3. The predicted octanol–water partition coefficient (Wildman–Crippen LogP) is 1.32. The third-order valence-corrected chi connectivity index (χ3v) is 3.85.